The van der Waals surface area contributed by atoms with Gasteiger partial charge in [0.05, 0.1) is 5.69 Å². The molecule has 1 aromatic rings. The monoisotopic (exact) mass is 219 g/mol. The highest BCUT2D eigenvalue weighted by Gasteiger charge is 2.09. The van der Waals surface area contributed by atoms with Crippen molar-refractivity contribution in [3.05, 3.63) is 35.7 Å². The first-order chi connectivity index (χ1) is 7.75. The molecule has 0 amide bonds. The summed E-state index contributed by atoms with van der Waals surface area (Å²) in [4.78, 5) is 0. The molecule has 0 aromatic heterocycles. The molecule has 16 heavy (non-hydrogen) atoms. The summed E-state index contributed by atoms with van der Waals surface area (Å²) in [6, 6.07) is 4.97. The molecule has 0 radical (unpaired) electrons. The molecule has 0 atom stereocenters. The maximum absolute atomic E-state index is 13.2. The number of hydrogen-bond acceptors (Lipinski definition) is 1. The van der Waals surface area contributed by atoms with E-state index in [0.29, 0.717) is 5.92 Å². The number of nitrogen functional groups attached to an aromatic ring is 1. The van der Waals surface area contributed by atoms with Gasteiger partial charge in [-0.3, -0.25) is 0 Å². The highest BCUT2D eigenvalue weighted by atomic mass is 19.1. The summed E-state index contributed by atoms with van der Waals surface area (Å²) in [6.45, 7) is 0. The van der Waals surface area contributed by atoms with Crippen molar-refractivity contribution in [1.82, 2.24) is 0 Å². The van der Waals surface area contributed by atoms with Gasteiger partial charge in [0.1, 0.15) is 5.82 Å². The third-order valence-electron chi connectivity index (χ3n) is 3.24. The van der Waals surface area contributed by atoms with E-state index in [1.54, 1.807) is 6.07 Å². The van der Waals surface area contributed by atoms with Gasteiger partial charge >= 0.3 is 0 Å². The molecule has 0 bridgehead atoms. The lowest BCUT2D eigenvalue weighted by atomic mass is 9.89. The van der Waals surface area contributed by atoms with Gasteiger partial charge in [-0.15, -0.1) is 0 Å². The Morgan fingerprint density at radius 3 is 2.62 bits per heavy atom. The van der Waals surface area contributed by atoms with E-state index in [1.165, 1.54) is 38.2 Å². The van der Waals surface area contributed by atoms with Crippen LogP contribution in [0.2, 0.25) is 0 Å². The van der Waals surface area contributed by atoms with E-state index < -0.39 is 0 Å². The van der Waals surface area contributed by atoms with Crippen LogP contribution in [0.25, 0.3) is 6.08 Å². The van der Waals surface area contributed by atoms with Crippen LogP contribution >= 0.6 is 0 Å². The summed E-state index contributed by atoms with van der Waals surface area (Å²) in [6.07, 6.45) is 10.8. The smallest absolute Gasteiger partial charge is 0.146 e. The Hall–Kier alpha value is -1.31. The molecule has 86 valence electrons. The zero-order valence-electron chi connectivity index (χ0n) is 9.45. The number of allylic oxidation sites excluding steroid dienone is 1. The molecular formula is C14H18FN. The van der Waals surface area contributed by atoms with Gasteiger partial charge in [0.25, 0.3) is 0 Å². The molecule has 0 saturated heterocycles. The average molecular weight is 219 g/mol. The SMILES string of the molecule is Nc1ccc(C=CC2CCCCC2)cc1F. The molecule has 1 aromatic carbocycles. The summed E-state index contributed by atoms with van der Waals surface area (Å²) in [7, 11) is 0. The first kappa shape index (κ1) is 11.2. The van der Waals surface area contributed by atoms with Crippen molar-refractivity contribution in [1.29, 1.82) is 0 Å². The number of anilines is 1. The molecule has 1 aliphatic carbocycles. The van der Waals surface area contributed by atoms with Crippen LogP contribution in [0.3, 0.4) is 0 Å². The zero-order chi connectivity index (χ0) is 11.4. The van der Waals surface area contributed by atoms with Gasteiger partial charge in [0.15, 0.2) is 0 Å². The fourth-order valence-electron chi connectivity index (χ4n) is 2.22. The molecule has 0 heterocycles. The minimum Gasteiger partial charge on any atom is -0.396 e. The molecule has 0 spiro atoms. The zero-order valence-corrected chi connectivity index (χ0v) is 9.45. The van der Waals surface area contributed by atoms with E-state index in [1.807, 2.05) is 12.1 Å². The Morgan fingerprint density at radius 2 is 1.94 bits per heavy atom. The van der Waals surface area contributed by atoms with Crippen molar-refractivity contribution in [2.24, 2.45) is 5.92 Å². The number of benzene rings is 1. The molecule has 2 N–H and O–H groups in total. The van der Waals surface area contributed by atoms with E-state index in [9.17, 15) is 4.39 Å². The number of halogens is 1. The minimum atomic E-state index is -0.328. The van der Waals surface area contributed by atoms with Crippen LogP contribution in [0, 0.1) is 11.7 Å². The van der Waals surface area contributed by atoms with E-state index in [0.717, 1.165) is 5.56 Å². The normalized spacial score (nSPS) is 18.1. The fraction of sp³-hybridized carbons (Fsp3) is 0.429. The summed E-state index contributed by atoms with van der Waals surface area (Å²) >= 11 is 0. The van der Waals surface area contributed by atoms with E-state index in [2.05, 4.69) is 6.08 Å². The van der Waals surface area contributed by atoms with Crippen molar-refractivity contribution in [2.45, 2.75) is 32.1 Å². The second-order valence-electron chi connectivity index (χ2n) is 4.54. The second-order valence-corrected chi connectivity index (χ2v) is 4.54. The highest BCUT2D eigenvalue weighted by Crippen LogP contribution is 2.25. The van der Waals surface area contributed by atoms with Gasteiger partial charge in [-0.1, -0.05) is 37.5 Å². The lowest BCUT2D eigenvalue weighted by Crippen LogP contribution is -2.02. The van der Waals surface area contributed by atoms with Crippen molar-refractivity contribution < 1.29 is 4.39 Å². The summed E-state index contributed by atoms with van der Waals surface area (Å²) in [5.41, 5.74) is 6.55. The molecule has 1 saturated carbocycles. The summed E-state index contributed by atoms with van der Waals surface area (Å²) in [5, 5.41) is 0. The van der Waals surface area contributed by atoms with Crippen molar-refractivity contribution in [3.8, 4) is 0 Å². The molecule has 0 aliphatic heterocycles. The van der Waals surface area contributed by atoms with Crippen LogP contribution in [0.15, 0.2) is 24.3 Å². The second kappa shape index (κ2) is 5.15. The molecule has 1 fully saturated rings. The topological polar surface area (TPSA) is 26.0 Å². The number of rotatable bonds is 2. The third-order valence-corrected chi connectivity index (χ3v) is 3.24. The number of nitrogens with two attached hydrogens (primary N) is 1. The predicted molar refractivity (Wildman–Crippen MR) is 66.4 cm³/mol. The number of hydrogen-bond donors (Lipinski definition) is 1. The lowest BCUT2D eigenvalue weighted by molar-refractivity contribution is 0.420. The predicted octanol–water partition coefficient (Wildman–Crippen LogP) is 4.00. The first-order valence-corrected chi connectivity index (χ1v) is 5.99. The van der Waals surface area contributed by atoms with Crippen molar-refractivity contribution in [3.63, 3.8) is 0 Å². The van der Waals surface area contributed by atoms with Crippen LogP contribution in [-0.2, 0) is 0 Å². The van der Waals surface area contributed by atoms with E-state index in [-0.39, 0.29) is 11.5 Å². The van der Waals surface area contributed by atoms with Crippen LogP contribution < -0.4 is 5.73 Å². The molecule has 2 heteroatoms. The first-order valence-electron chi connectivity index (χ1n) is 5.99. The third kappa shape index (κ3) is 2.84. The molecule has 1 aliphatic rings. The average Bonchev–Trinajstić information content (AvgIpc) is 2.32. The van der Waals surface area contributed by atoms with Crippen LogP contribution in [0.5, 0.6) is 0 Å². The van der Waals surface area contributed by atoms with Gasteiger partial charge in [-0.2, -0.15) is 0 Å². The molecule has 1 nitrogen and oxygen atoms in total. The van der Waals surface area contributed by atoms with Gasteiger partial charge < -0.3 is 5.73 Å². The maximum Gasteiger partial charge on any atom is 0.146 e. The lowest BCUT2D eigenvalue weighted by Gasteiger charge is -2.17. The van der Waals surface area contributed by atoms with E-state index in [4.69, 9.17) is 5.73 Å². The molecular weight excluding hydrogens is 201 g/mol. The molecule has 0 unspecified atom stereocenters. The summed E-state index contributed by atoms with van der Waals surface area (Å²) in [5.74, 6) is 0.347. The van der Waals surface area contributed by atoms with Crippen LogP contribution in [0.4, 0.5) is 10.1 Å². The Kier molecular flexibility index (Phi) is 3.60. The van der Waals surface area contributed by atoms with Crippen LogP contribution in [0.1, 0.15) is 37.7 Å². The quantitative estimate of drug-likeness (QED) is 0.747. The van der Waals surface area contributed by atoms with Crippen molar-refractivity contribution in [2.75, 3.05) is 5.73 Å². The largest absolute Gasteiger partial charge is 0.396 e. The Morgan fingerprint density at radius 1 is 1.19 bits per heavy atom. The van der Waals surface area contributed by atoms with Gasteiger partial charge in [-0.05, 0) is 36.5 Å². The Bertz CT molecular complexity index is 378. The Balaban J connectivity index is 2.02. The molecule has 2 rings (SSSR count). The minimum absolute atomic E-state index is 0.217. The fourth-order valence-corrected chi connectivity index (χ4v) is 2.22. The summed E-state index contributed by atoms with van der Waals surface area (Å²) < 4.78 is 13.2. The van der Waals surface area contributed by atoms with Crippen LogP contribution in [-0.4, -0.2) is 0 Å². The van der Waals surface area contributed by atoms with Gasteiger partial charge in [-0.25, -0.2) is 4.39 Å². The Labute approximate surface area is 96.2 Å². The highest BCUT2D eigenvalue weighted by molar-refractivity contribution is 5.54. The maximum atomic E-state index is 13.2. The standard InChI is InChI=1S/C14H18FN/c15-13-10-12(8-9-14(13)16)7-6-11-4-2-1-3-5-11/h6-11H,1-5,16H2. The van der Waals surface area contributed by atoms with Gasteiger partial charge in [0, 0.05) is 0 Å². The van der Waals surface area contributed by atoms with Crippen molar-refractivity contribution >= 4 is 11.8 Å². The van der Waals surface area contributed by atoms with E-state index >= 15 is 0 Å². The van der Waals surface area contributed by atoms with Gasteiger partial charge in [0.2, 0.25) is 0 Å².